The highest BCUT2D eigenvalue weighted by molar-refractivity contribution is 6.21. The van der Waals surface area contributed by atoms with E-state index in [1.807, 2.05) is 0 Å². The summed E-state index contributed by atoms with van der Waals surface area (Å²) in [5, 5.41) is 7.62. The SMILES string of the molecule is CCC(C)c1ccc2c(c1)c1cc(-c3ccc(N(c4ccccc4)c4ccccc4)cc3)ccc1n2-c1ccc(-c2c3ccccc3c(-c3ccccc3)c3ccccc23)cc1. The predicted octanol–water partition coefficient (Wildman–Crippen LogP) is 17.1. The molecule has 0 fully saturated rings. The van der Waals surface area contributed by atoms with Crippen LogP contribution >= 0.6 is 0 Å². The molecule has 1 unspecified atom stereocenters. The normalized spacial score (nSPS) is 12.0. The van der Waals surface area contributed by atoms with Crippen molar-refractivity contribution in [1.82, 2.24) is 4.57 Å². The number of anilines is 3. The second-order valence-electron chi connectivity index (χ2n) is 16.5. The lowest BCUT2D eigenvalue weighted by molar-refractivity contribution is 0.735. The van der Waals surface area contributed by atoms with Crippen LogP contribution in [0, 0.1) is 0 Å². The van der Waals surface area contributed by atoms with Crippen molar-refractivity contribution < 1.29 is 0 Å². The van der Waals surface area contributed by atoms with Crippen LogP contribution in [0.4, 0.5) is 17.1 Å². The Labute approximate surface area is 363 Å². The van der Waals surface area contributed by atoms with E-state index in [0.717, 1.165) is 29.2 Å². The van der Waals surface area contributed by atoms with Crippen molar-refractivity contribution in [2.24, 2.45) is 0 Å². The van der Waals surface area contributed by atoms with Gasteiger partial charge < -0.3 is 9.47 Å². The Balaban J connectivity index is 1.02. The molecule has 0 aliphatic carbocycles. The molecular weight excluding hydrogens is 749 g/mol. The minimum Gasteiger partial charge on any atom is -0.311 e. The minimum atomic E-state index is 0.475. The van der Waals surface area contributed by atoms with Crippen molar-refractivity contribution in [2.45, 2.75) is 26.2 Å². The summed E-state index contributed by atoms with van der Waals surface area (Å²) in [6.45, 7) is 4.61. The highest BCUT2D eigenvalue weighted by Gasteiger charge is 2.19. The van der Waals surface area contributed by atoms with E-state index >= 15 is 0 Å². The van der Waals surface area contributed by atoms with Gasteiger partial charge in [0.2, 0.25) is 0 Å². The summed E-state index contributed by atoms with van der Waals surface area (Å²) < 4.78 is 2.45. The first-order chi connectivity index (χ1) is 30.6. The Morgan fingerprint density at radius 1 is 0.371 bits per heavy atom. The second-order valence-corrected chi connectivity index (χ2v) is 16.5. The van der Waals surface area contributed by atoms with E-state index in [2.05, 4.69) is 248 Å². The highest BCUT2D eigenvalue weighted by Crippen LogP contribution is 2.44. The van der Waals surface area contributed by atoms with Crippen LogP contribution in [-0.2, 0) is 0 Å². The van der Waals surface area contributed by atoms with Gasteiger partial charge in [0.15, 0.2) is 0 Å². The standard InChI is InChI=1S/C60H46N2/c1-3-41(2)45-31-37-57-55(39-45)56-40-46(42-27-33-49(34-28-42)61(47-19-9-5-10-20-47)48-21-11-6-12-22-48)32-38-58(56)62(57)50-35-29-44(30-36-50)60-53-25-15-13-23-51(53)59(43-17-7-4-8-18-43)52-24-14-16-26-54(52)60/h4-41H,3H2,1-2H3. The lowest BCUT2D eigenvalue weighted by Crippen LogP contribution is -2.09. The molecule has 0 N–H and O–H groups in total. The molecule has 2 heteroatoms. The first-order valence-corrected chi connectivity index (χ1v) is 21.8. The average Bonchev–Trinajstić information content (AvgIpc) is 3.67. The van der Waals surface area contributed by atoms with Gasteiger partial charge in [0, 0.05) is 33.5 Å². The van der Waals surface area contributed by atoms with Gasteiger partial charge in [0.25, 0.3) is 0 Å². The molecule has 11 rings (SSSR count). The third-order valence-corrected chi connectivity index (χ3v) is 12.9. The Morgan fingerprint density at radius 3 is 1.32 bits per heavy atom. The maximum atomic E-state index is 2.45. The van der Waals surface area contributed by atoms with Gasteiger partial charge in [-0.2, -0.15) is 0 Å². The van der Waals surface area contributed by atoms with E-state index in [-0.39, 0.29) is 0 Å². The number of rotatable bonds is 9. The van der Waals surface area contributed by atoms with Crippen molar-refractivity contribution >= 4 is 60.4 Å². The lowest BCUT2D eigenvalue weighted by Gasteiger charge is -2.25. The molecule has 10 aromatic carbocycles. The largest absolute Gasteiger partial charge is 0.311 e. The number of para-hydroxylation sites is 2. The highest BCUT2D eigenvalue weighted by atomic mass is 15.1. The van der Waals surface area contributed by atoms with E-state index < -0.39 is 0 Å². The molecule has 11 aromatic rings. The van der Waals surface area contributed by atoms with Gasteiger partial charge >= 0.3 is 0 Å². The van der Waals surface area contributed by atoms with E-state index in [1.165, 1.54) is 82.3 Å². The van der Waals surface area contributed by atoms with Gasteiger partial charge in [0.05, 0.1) is 11.0 Å². The number of aromatic nitrogens is 1. The van der Waals surface area contributed by atoms with Gasteiger partial charge in [-0.3, -0.25) is 0 Å². The fourth-order valence-corrected chi connectivity index (χ4v) is 9.58. The monoisotopic (exact) mass is 794 g/mol. The number of hydrogen-bond donors (Lipinski definition) is 0. The molecule has 62 heavy (non-hydrogen) atoms. The van der Waals surface area contributed by atoms with Crippen molar-refractivity contribution in [3.05, 3.63) is 230 Å². The molecule has 296 valence electrons. The summed E-state index contributed by atoms with van der Waals surface area (Å²) in [5.41, 5.74) is 15.8. The molecule has 0 saturated heterocycles. The van der Waals surface area contributed by atoms with Gasteiger partial charge in [0.1, 0.15) is 0 Å². The van der Waals surface area contributed by atoms with Gasteiger partial charge in [-0.25, -0.2) is 0 Å². The van der Waals surface area contributed by atoms with Crippen LogP contribution in [0.1, 0.15) is 31.7 Å². The Morgan fingerprint density at radius 2 is 0.790 bits per heavy atom. The van der Waals surface area contributed by atoms with E-state index in [1.54, 1.807) is 0 Å². The maximum absolute atomic E-state index is 2.45. The van der Waals surface area contributed by atoms with E-state index in [9.17, 15) is 0 Å². The van der Waals surface area contributed by atoms with Crippen LogP contribution in [-0.4, -0.2) is 4.57 Å². The number of fused-ring (bicyclic) bond motifs is 5. The molecule has 0 bridgehead atoms. The molecule has 0 aliphatic heterocycles. The van der Waals surface area contributed by atoms with Gasteiger partial charge in [-0.05, 0) is 146 Å². The van der Waals surface area contributed by atoms with Crippen molar-refractivity contribution in [3.63, 3.8) is 0 Å². The minimum absolute atomic E-state index is 0.475. The van der Waals surface area contributed by atoms with Gasteiger partial charge in [-0.15, -0.1) is 0 Å². The van der Waals surface area contributed by atoms with Crippen molar-refractivity contribution in [3.8, 4) is 39.1 Å². The van der Waals surface area contributed by atoms with Gasteiger partial charge in [-0.1, -0.05) is 166 Å². The smallest absolute Gasteiger partial charge is 0.0541 e. The average molecular weight is 795 g/mol. The van der Waals surface area contributed by atoms with Crippen LogP contribution in [0.2, 0.25) is 0 Å². The summed E-state index contributed by atoms with van der Waals surface area (Å²) in [5.74, 6) is 0.475. The fourth-order valence-electron chi connectivity index (χ4n) is 9.58. The number of hydrogen-bond acceptors (Lipinski definition) is 1. The number of benzene rings is 10. The topological polar surface area (TPSA) is 8.17 Å². The first-order valence-electron chi connectivity index (χ1n) is 21.8. The van der Waals surface area contributed by atoms with Crippen LogP contribution < -0.4 is 4.90 Å². The second kappa shape index (κ2) is 15.7. The molecular formula is C60H46N2. The van der Waals surface area contributed by atoms with Crippen molar-refractivity contribution in [2.75, 3.05) is 4.90 Å². The zero-order valence-electron chi connectivity index (χ0n) is 35.0. The quantitative estimate of drug-likeness (QED) is 0.132. The van der Waals surface area contributed by atoms with Crippen LogP contribution in [0.3, 0.4) is 0 Å². The van der Waals surface area contributed by atoms with E-state index in [4.69, 9.17) is 0 Å². The molecule has 2 nitrogen and oxygen atoms in total. The molecule has 0 amide bonds. The molecule has 0 spiro atoms. The predicted molar refractivity (Wildman–Crippen MR) is 265 cm³/mol. The molecule has 0 aliphatic rings. The molecule has 0 radical (unpaired) electrons. The fraction of sp³-hybridized carbons (Fsp3) is 0.0667. The summed E-state index contributed by atoms with van der Waals surface area (Å²) in [6, 6.07) is 82.2. The molecule has 1 heterocycles. The third kappa shape index (κ3) is 6.44. The summed E-state index contributed by atoms with van der Waals surface area (Å²) in [7, 11) is 0. The zero-order chi connectivity index (χ0) is 41.6. The lowest BCUT2D eigenvalue weighted by atomic mass is 9.86. The third-order valence-electron chi connectivity index (χ3n) is 12.9. The molecule has 1 atom stereocenters. The number of nitrogens with zero attached hydrogens (tertiary/aromatic N) is 2. The Kier molecular flexibility index (Phi) is 9.47. The maximum Gasteiger partial charge on any atom is 0.0541 e. The Hall–Kier alpha value is -7.68. The summed E-state index contributed by atoms with van der Waals surface area (Å²) in [4.78, 5) is 2.31. The Bertz CT molecular complexity index is 3270. The zero-order valence-corrected chi connectivity index (χ0v) is 35.0. The molecule has 1 aromatic heterocycles. The molecule has 0 saturated carbocycles. The first kappa shape index (κ1) is 37.3. The summed E-state index contributed by atoms with van der Waals surface area (Å²) in [6.07, 6.45) is 1.10. The van der Waals surface area contributed by atoms with Crippen LogP contribution in [0.25, 0.3) is 82.4 Å². The van der Waals surface area contributed by atoms with E-state index in [0.29, 0.717) is 5.92 Å². The summed E-state index contributed by atoms with van der Waals surface area (Å²) >= 11 is 0. The van der Waals surface area contributed by atoms with Crippen molar-refractivity contribution in [1.29, 1.82) is 0 Å². The van der Waals surface area contributed by atoms with Crippen LogP contribution in [0.15, 0.2) is 224 Å². The van der Waals surface area contributed by atoms with Crippen LogP contribution in [0.5, 0.6) is 0 Å².